The summed E-state index contributed by atoms with van der Waals surface area (Å²) < 4.78 is 7.18. The van der Waals surface area contributed by atoms with E-state index >= 15 is 0 Å². The molecule has 4 N–H and O–H groups in total. The summed E-state index contributed by atoms with van der Waals surface area (Å²) in [7, 11) is 0. The summed E-state index contributed by atoms with van der Waals surface area (Å²) >= 11 is 0. The van der Waals surface area contributed by atoms with Crippen LogP contribution in [0.3, 0.4) is 0 Å². The molecule has 0 amide bonds. The third-order valence-corrected chi connectivity index (χ3v) is 4.12. The molecule has 4 rings (SSSR count). The Balaban J connectivity index is 1.77. The number of nitrogens with zero attached hydrogens (tertiary/aromatic N) is 4. The molecular formula is C12H11N5O3. The zero-order chi connectivity index (χ0) is 14.1. The Hall–Kier alpha value is -2.21. The molecule has 4 atom stereocenters. The molecule has 1 saturated heterocycles. The highest BCUT2D eigenvalue weighted by Crippen LogP contribution is 2.62. The van der Waals surface area contributed by atoms with Crippen molar-refractivity contribution in [3.63, 3.8) is 0 Å². The van der Waals surface area contributed by atoms with Crippen LogP contribution < -0.4 is 5.73 Å². The lowest BCUT2D eigenvalue weighted by atomic mass is 10.1. The lowest BCUT2D eigenvalue weighted by Crippen LogP contribution is -2.18. The molecule has 8 nitrogen and oxygen atoms in total. The van der Waals surface area contributed by atoms with Crippen LogP contribution in [0.1, 0.15) is 18.2 Å². The monoisotopic (exact) mass is 273 g/mol. The van der Waals surface area contributed by atoms with Crippen molar-refractivity contribution in [2.24, 2.45) is 0 Å². The van der Waals surface area contributed by atoms with Gasteiger partial charge in [0, 0.05) is 6.42 Å². The van der Waals surface area contributed by atoms with Crippen molar-refractivity contribution >= 4 is 11.5 Å². The van der Waals surface area contributed by atoms with Crippen molar-refractivity contribution in [1.29, 1.82) is 0 Å². The first-order valence-corrected chi connectivity index (χ1v) is 6.03. The number of ether oxygens (including phenoxy) is 1. The number of imidazole rings is 1. The van der Waals surface area contributed by atoms with E-state index in [9.17, 15) is 10.2 Å². The van der Waals surface area contributed by atoms with Crippen LogP contribution in [0.15, 0.2) is 12.5 Å². The van der Waals surface area contributed by atoms with Gasteiger partial charge >= 0.3 is 0 Å². The van der Waals surface area contributed by atoms with Gasteiger partial charge in [0.25, 0.3) is 0 Å². The summed E-state index contributed by atoms with van der Waals surface area (Å²) in [4.78, 5) is 7.98. The molecule has 2 aliphatic rings. The van der Waals surface area contributed by atoms with Crippen molar-refractivity contribution in [3.8, 4) is 12.3 Å². The maximum Gasteiger partial charge on any atom is 0.196 e. The molecule has 2 aromatic heterocycles. The minimum Gasteiger partial charge on any atom is -0.386 e. The molecule has 0 radical (unpaired) electrons. The number of terminal acetylenes is 1. The quantitative estimate of drug-likeness (QED) is 0.549. The SMILES string of the molecule is C#C[C@]12O[C@@H](c3cnc4c(N)ncnn34)C[C@@]1(O)C2O. The fourth-order valence-electron chi connectivity index (χ4n) is 2.92. The Kier molecular flexibility index (Phi) is 1.90. The van der Waals surface area contributed by atoms with Gasteiger partial charge in [0.15, 0.2) is 17.1 Å². The third-order valence-electron chi connectivity index (χ3n) is 4.12. The van der Waals surface area contributed by atoms with E-state index in [4.69, 9.17) is 16.9 Å². The zero-order valence-electron chi connectivity index (χ0n) is 10.3. The minimum atomic E-state index is -1.41. The van der Waals surface area contributed by atoms with Gasteiger partial charge in [-0.3, -0.25) is 0 Å². The Morgan fingerprint density at radius 1 is 1.55 bits per heavy atom. The molecule has 1 aliphatic carbocycles. The van der Waals surface area contributed by atoms with Crippen molar-refractivity contribution < 1.29 is 14.9 Å². The third kappa shape index (κ3) is 1.07. The van der Waals surface area contributed by atoms with Gasteiger partial charge in [-0.15, -0.1) is 6.42 Å². The molecule has 2 aromatic rings. The first-order valence-electron chi connectivity index (χ1n) is 6.03. The highest BCUT2D eigenvalue weighted by atomic mass is 16.6. The summed E-state index contributed by atoms with van der Waals surface area (Å²) in [6.45, 7) is 0. The molecule has 102 valence electrons. The van der Waals surface area contributed by atoms with Gasteiger partial charge in [0.05, 0.1) is 11.9 Å². The van der Waals surface area contributed by atoms with Crippen LogP contribution in [-0.4, -0.2) is 47.1 Å². The Morgan fingerprint density at radius 3 is 3.05 bits per heavy atom. The summed E-state index contributed by atoms with van der Waals surface area (Å²) in [5.74, 6) is 2.60. The number of rotatable bonds is 1. The summed E-state index contributed by atoms with van der Waals surface area (Å²) in [5, 5.41) is 24.1. The van der Waals surface area contributed by atoms with Crippen molar-refractivity contribution in [1.82, 2.24) is 19.6 Å². The first kappa shape index (κ1) is 11.6. The number of hydrogen-bond donors (Lipinski definition) is 3. The molecule has 0 aromatic carbocycles. The zero-order valence-corrected chi connectivity index (χ0v) is 10.3. The second-order valence-electron chi connectivity index (χ2n) is 5.08. The molecule has 0 spiro atoms. The van der Waals surface area contributed by atoms with Crippen LogP contribution in [0.4, 0.5) is 5.82 Å². The number of anilines is 1. The molecule has 1 saturated carbocycles. The minimum absolute atomic E-state index is 0.177. The summed E-state index contributed by atoms with van der Waals surface area (Å²) in [6, 6.07) is 0. The van der Waals surface area contributed by atoms with Gasteiger partial charge in [0.2, 0.25) is 0 Å². The molecule has 2 fully saturated rings. The lowest BCUT2D eigenvalue weighted by molar-refractivity contribution is -0.00585. The fourth-order valence-corrected chi connectivity index (χ4v) is 2.92. The van der Waals surface area contributed by atoms with E-state index in [0.717, 1.165) is 0 Å². The Bertz CT molecular complexity index is 768. The van der Waals surface area contributed by atoms with Gasteiger partial charge in [-0.25, -0.2) is 14.5 Å². The molecule has 20 heavy (non-hydrogen) atoms. The van der Waals surface area contributed by atoms with Crippen molar-refractivity contribution in [2.45, 2.75) is 29.8 Å². The Labute approximate surface area is 113 Å². The first-order chi connectivity index (χ1) is 9.53. The summed E-state index contributed by atoms with van der Waals surface area (Å²) in [5.41, 5.74) is 3.99. The second kappa shape index (κ2) is 3.27. The van der Waals surface area contributed by atoms with E-state index in [1.807, 2.05) is 0 Å². The highest BCUT2D eigenvalue weighted by Gasteiger charge is 2.83. The number of aromatic nitrogens is 4. The average molecular weight is 273 g/mol. The number of aliphatic hydroxyl groups is 2. The molecule has 8 heteroatoms. The van der Waals surface area contributed by atoms with E-state index < -0.39 is 23.4 Å². The van der Waals surface area contributed by atoms with E-state index in [-0.39, 0.29) is 12.2 Å². The number of fused-ring (bicyclic) bond motifs is 2. The molecule has 1 unspecified atom stereocenters. The predicted octanol–water partition coefficient (Wildman–Crippen LogP) is -1.35. The van der Waals surface area contributed by atoms with Crippen molar-refractivity contribution in [2.75, 3.05) is 5.73 Å². The van der Waals surface area contributed by atoms with E-state index in [2.05, 4.69) is 21.0 Å². The number of nitrogen functional groups attached to an aromatic ring is 1. The topological polar surface area (TPSA) is 119 Å². The highest BCUT2D eigenvalue weighted by molar-refractivity contribution is 5.59. The number of aliphatic hydroxyl groups excluding tert-OH is 1. The van der Waals surface area contributed by atoms with Gasteiger partial charge in [-0.1, -0.05) is 5.92 Å². The largest absolute Gasteiger partial charge is 0.386 e. The van der Waals surface area contributed by atoms with Crippen molar-refractivity contribution in [3.05, 3.63) is 18.2 Å². The smallest absolute Gasteiger partial charge is 0.196 e. The van der Waals surface area contributed by atoms with Crippen LogP contribution in [-0.2, 0) is 4.74 Å². The van der Waals surface area contributed by atoms with Gasteiger partial charge < -0.3 is 20.7 Å². The molecule has 0 bridgehead atoms. The van der Waals surface area contributed by atoms with Gasteiger partial charge in [-0.2, -0.15) is 5.10 Å². The van der Waals surface area contributed by atoms with Crippen LogP contribution in [0, 0.1) is 12.3 Å². The average Bonchev–Trinajstić information content (AvgIpc) is 2.84. The van der Waals surface area contributed by atoms with Gasteiger partial charge in [-0.05, 0) is 0 Å². The normalized spacial score (nSPS) is 38.6. The van der Waals surface area contributed by atoms with Crippen LogP contribution in [0.25, 0.3) is 5.65 Å². The maximum absolute atomic E-state index is 10.3. The van der Waals surface area contributed by atoms with Crippen LogP contribution in [0.2, 0.25) is 0 Å². The second-order valence-corrected chi connectivity index (χ2v) is 5.08. The van der Waals surface area contributed by atoms with E-state index in [0.29, 0.717) is 11.3 Å². The molecular weight excluding hydrogens is 262 g/mol. The van der Waals surface area contributed by atoms with Crippen LogP contribution >= 0.6 is 0 Å². The Morgan fingerprint density at radius 2 is 2.35 bits per heavy atom. The lowest BCUT2D eigenvalue weighted by Gasteiger charge is -2.15. The molecule has 3 heterocycles. The number of hydrogen-bond acceptors (Lipinski definition) is 7. The van der Waals surface area contributed by atoms with E-state index in [1.54, 1.807) is 6.20 Å². The standard InChI is InChI=1S/C12H11N5O3/c1-2-12-10(18)11(12,19)3-7(20-12)6-4-14-9-8(13)15-5-16-17(6)9/h1,4-5,7,10,18-19H,3H2,(H2,13,15,16)/t7-,10?,11-,12-/m1/s1. The molecule has 1 aliphatic heterocycles. The van der Waals surface area contributed by atoms with Crippen LogP contribution in [0.5, 0.6) is 0 Å². The number of nitrogens with two attached hydrogens (primary N) is 1. The summed E-state index contributed by atoms with van der Waals surface area (Å²) in [6.07, 6.45) is 6.84. The van der Waals surface area contributed by atoms with Gasteiger partial charge in [0.1, 0.15) is 24.1 Å². The predicted molar refractivity (Wildman–Crippen MR) is 66.2 cm³/mol. The fraction of sp³-hybridized carbons (Fsp3) is 0.417. The van der Waals surface area contributed by atoms with E-state index in [1.165, 1.54) is 10.8 Å². The maximum atomic E-state index is 10.3.